The summed E-state index contributed by atoms with van der Waals surface area (Å²) < 4.78 is 0. The van der Waals surface area contributed by atoms with Crippen molar-refractivity contribution in [1.29, 1.82) is 0 Å². The number of rotatable bonds is 2. The van der Waals surface area contributed by atoms with Crippen LogP contribution in [0.5, 0.6) is 0 Å². The van der Waals surface area contributed by atoms with Crippen molar-refractivity contribution >= 4 is 11.6 Å². The summed E-state index contributed by atoms with van der Waals surface area (Å²) in [6, 6.07) is 8.99. The minimum Gasteiger partial charge on any atom is -0.326 e. The number of aromatic amines is 1. The number of aromatic nitrogens is 1. The van der Waals surface area contributed by atoms with E-state index in [1.807, 2.05) is 31.2 Å². The van der Waals surface area contributed by atoms with Gasteiger partial charge in [-0.15, -0.1) is 0 Å². The maximum absolute atomic E-state index is 12.2. The summed E-state index contributed by atoms with van der Waals surface area (Å²) in [6.07, 6.45) is 0. The number of nitrogens with one attached hydrogen (secondary N) is 2. The van der Waals surface area contributed by atoms with Gasteiger partial charge in [0.15, 0.2) is 0 Å². The van der Waals surface area contributed by atoms with Crippen molar-refractivity contribution in [2.75, 3.05) is 5.32 Å². The summed E-state index contributed by atoms with van der Waals surface area (Å²) in [5, 5.41) is 2.83. The van der Waals surface area contributed by atoms with Gasteiger partial charge in [0.2, 0.25) is 5.56 Å². The van der Waals surface area contributed by atoms with Gasteiger partial charge in [-0.05, 0) is 38.5 Å². The molecule has 0 saturated heterocycles. The van der Waals surface area contributed by atoms with Crippen molar-refractivity contribution in [1.82, 2.24) is 4.98 Å². The van der Waals surface area contributed by atoms with Crippen LogP contribution in [0.3, 0.4) is 0 Å². The van der Waals surface area contributed by atoms with Gasteiger partial charge in [0.25, 0.3) is 5.91 Å². The maximum atomic E-state index is 12.2. The van der Waals surface area contributed by atoms with E-state index in [4.69, 9.17) is 0 Å². The maximum Gasteiger partial charge on any atom is 0.257 e. The lowest BCUT2D eigenvalue weighted by molar-refractivity contribution is 0.102. The van der Waals surface area contributed by atoms with Gasteiger partial charge in [-0.1, -0.05) is 17.7 Å². The molecule has 0 spiro atoms. The molecule has 1 aromatic carbocycles. The number of hydrogen-bond donors (Lipinski definition) is 2. The van der Waals surface area contributed by atoms with Crippen molar-refractivity contribution < 1.29 is 4.79 Å². The third-order valence-electron chi connectivity index (χ3n) is 2.96. The van der Waals surface area contributed by atoms with E-state index in [0.29, 0.717) is 16.8 Å². The van der Waals surface area contributed by atoms with E-state index in [9.17, 15) is 9.59 Å². The summed E-state index contributed by atoms with van der Waals surface area (Å²) in [4.78, 5) is 26.2. The average molecular weight is 256 g/mol. The van der Waals surface area contributed by atoms with E-state index in [0.717, 1.165) is 11.3 Å². The number of benzene rings is 1. The second-order valence-corrected chi connectivity index (χ2v) is 4.64. The molecule has 4 nitrogen and oxygen atoms in total. The Hall–Kier alpha value is -2.36. The van der Waals surface area contributed by atoms with Gasteiger partial charge in [-0.25, -0.2) is 0 Å². The number of amides is 1. The van der Waals surface area contributed by atoms with Gasteiger partial charge >= 0.3 is 0 Å². The summed E-state index contributed by atoms with van der Waals surface area (Å²) in [7, 11) is 0. The normalized spacial score (nSPS) is 10.3. The Bertz CT molecular complexity index is 643. The van der Waals surface area contributed by atoms with Crippen LogP contribution in [0.2, 0.25) is 0 Å². The Morgan fingerprint density at radius 1 is 1.11 bits per heavy atom. The van der Waals surface area contributed by atoms with Gasteiger partial charge in [-0.2, -0.15) is 0 Å². The van der Waals surface area contributed by atoms with Crippen molar-refractivity contribution in [2.24, 2.45) is 0 Å². The lowest BCUT2D eigenvalue weighted by Crippen LogP contribution is -2.19. The van der Waals surface area contributed by atoms with Crippen molar-refractivity contribution in [3.63, 3.8) is 0 Å². The fourth-order valence-electron chi connectivity index (χ4n) is 2.03. The molecule has 0 fully saturated rings. The number of carbonyl (C=O) groups excluding carboxylic acids is 1. The summed E-state index contributed by atoms with van der Waals surface area (Å²) in [5.41, 5.74) is 3.44. The van der Waals surface area contributed by atoms with Crippen molar-refractivity contribution in [3.8, 4) is 0 Å². The fraction of sp³-hybridized carbons (Fsp3) is 0.200. The van der Waals surface area contributed by atoms with Crippen LogP contribution in [0.15, 0.2) is 35.1 Å². The second-order valence-electron chi connectivity index (χ2n) is 4.64. The molecule has 0 aliphatic carbocycles. The Labute approximate surface area is 111 Å². The van der Waals surface area contributed by atoms with Crippen LogP contribution in [-0.4, -0.2) is 10.9 Å². The summed E-state index contributed by atoms with van der Waals surface area (Å²) >= 11 is 0. The minimum atomic E-state index is -0.213. The predicted octanol–water partition coefficient (Wildman–Crippen LogP) is 2.55. The predicted molar refractivity (Wildman–Crippen MR) is 75.7 cm³/mol. The highest BCUT2D eigenvalue weighted by Crippen LogP contribution is 2.14. The first kappa shape index (κ1) is 13.1. The molecule has 4 heteroatoms. The molecular formula is C15H16N2O2. The summed E-state index contributed by atoms with van der Waals surface area (Å²) in [6.45, 7) is 5.46. The van der Waals surface area contributed by atoms with E-state index in [1.165, 1.54) is 6.07 Å². The first-order chi connectivity index (χ1) is 8.97. The van der Waals surface area contributed by atoms with Gasteiger partial charge < -0.3 is 10.3 Å². The Morgan fingerprint density at radius 2 is 1.74 bits per heavy atom. The van der Waals surface area contributed by atoms with Crippen molar-refractivity contribution in [3.05, 3.63) is 63.1 Å². The zero-order valence-corrected chi connectivity index (χ0v) is 11.2. The van der Waals surface area contributed by atoms with Crippen LogP contribution >= 0.6 is 0 Å². The number of carbonyl (C=O) groups is 1. The molecule has 1 aromatic heterocycles. The zero-order valence-electron chi connectivity index (χ0n) is 11.2. The topological polar surface area (TPSA) is 62.0 Å². The molecule has 2 N–H and O–H groups in total. The lowest BCUT2D eigenvalue weighted by atomic mass is 10.1. The molecule has 0 unspecified atom stereocenters. The van der Waals surface area contributed by atoms with Crippen LogP contribution in [0.25, 0.3) is 0 Å². The molecular weight excluding hydrogens is 240 g/mol. The molecule has 19 heavy (non-hydrogen) atoms. The molecule has 2 aromatic rings. The van der Waals surface area contributed by atoms with E-state index in [-0.39, 0.29) is 11.5 Å². The molecule has 0 atom stereocenters. The Balaban J connectivity index is 2.30. The average Bonchev–Trinajstić information content (AvgIpc) is 2.30. The highest BCUT2D eigenvalue weighted by molar-refractivity contribution is 6.05. The van der Waals surface area contributed by atoms with E-state index in [1.54, 1.807) is 13.8 Å². The van der Waals surface area contributed by atoms with Crippen LogP contribution in [-0.2, 0) is 0 Å². The summed E-state index contributed by atoms with van der Waals surface area (Å²) in [5.74, 6) is -0.213. The molecule has 0 saturated carbocycles. The molecule has 1 amide bonds. The number of H-pyrrole nitrogens is 1. The zero-order chi connectivity index (χ0) is 14.0. The standard InChI is InChI=1S/C15H16N2O2/c1-9-4-6-12(7-5-9)17-15(19)14-10(2)8-13(18)16-11(14)3/h4-8H,1-3H3,(H,16,18)(H,17,19). The second kappa shape index (κ2) is 5.10. The Morgan fingerprint density at radius 3 is 2.32 bits per heavy atom. The van der Waals surface area contributed by atoms with Gasteiger partial charge in [0, 0.05) is 17.4 Å². The van der Waals surface area contributed by atoms with Crippen LogP contribution in [0.1, 0.15) is 27.2 Å². The smallest absolute Gasteiger partial charge is 0.257 e. The molecule has 2 rings (SSSR count). The number of aryl methyl sites for hydroxylation is 3. The highest BCUT2D eigenvalue weighted by atomic mass is 16.1. The fourth-order valence-corrected chi connectivity index (χ4v) is 2.03. The molecule has 0 radical (unpaired) electrons. The Kier molecular flexibility index (Phi) is 3.51. The van der Waals surface area contributed by atoms with E-state index in [2.05, 4.69) is 10.3 Å². The molecule has 0 aliphatic rings. The molecule has 0 aliphatic heterocycles. The van der Waals surface area contributed by atoms with Crippen LogP contribution in [0, 0.1) is 20.8 Å². The molecule has 0 bridgehead atoms. The number of hydrogen-bond acceptors (Lipinski definition) is 2. The minimum absolute atomic E-state index is 0.193. The quantitative estimate of drug-likeness (QED) is 0.867. The van der Waals surface area contributed by atoms with Gasteiger partial charge in [0.1, 0.15) is 0 Å². The highest BCUT2D eigenvalue weighted by Gasteiger charge is 2.13. The third kappa shape index (κ3) is 2.91. The SMILES string of the molecule is Cc1ccc(NC(=O)c2c(C)cc(=O)[nH]c2C)cc1. The number of pyridine rings is 1. The monoisotopic (exact) mass is 256 g/mol. The molecule has 98 valence electrons. The first-order valence-corrected chi connectivity index (χ1v) is 6.06. The lowest BCUT2D eigenvalue weighted by Gasteiger charge is -2.10. The van der Waals surface area contributed by atoms with Crippen LogP contribution < -0.4 is 10.9 Å². The number of anilines is 1. The third-order valence-corrected chi connectivity index (χ3v) is 2.96. The first-order valence-electron chi connectivity index (χ1n) is 6.06. The van der Waals surface area contributed by atoms with Crippen LogP contribution in [0.4, 0.5) is 5.69 Å². The largest absolute Gasteiger partial charge is 0.326 e. The van der Waals surface area contributed by atoms with Gasteiger partial charge in [-0.3, -0.25) is 9.59 Å². The van der Waals surface area contributed by atoms with E-state index < -0.39 is 0 Å². The molecule has 1 heterocycles. The van der Waals surface area contributed by atoms with E-state index >= 15 is 0 Å². The van der Waals surface area contributed by atoms with Crippen molar-refractivity contribution in [2.45, 2.75) is 20.8 Å². The van der Waals surface area contributed by atoms with Gasteiger partial charge in [0.05, 0.1) is 5.56 Å².